The second-order valence-electron chi connectivity index (χ2n) is 6.04. The summed E-state index contributed by atoms with van der Waals surface area (Å²) in [4.78, 5) is 29.7. The summed E-state index contributed by atoms with van der Waals surface area (Å²) in [5.74, 6) is 0.528. The van der Waals surface area contributed by atoms with Gasteiger partial charge in [-0.3, -0.25) is 19.3 Å². The number of rotatable bonds is 10. The molecule has 2 aromatic rings. The molecule has 0 radical (unpaired) electrons. The second-order valence-corrected chi connectivity index (χ2v) is 6.04. The minimum atomic E-state index is -0.114. The summed E-state index contributed by atoms with van der Waals surface area (Å²) in [5, 5.41) is 7.14. The zero-order valence-electron chi connectivity index (χ0n) is 15.5. The Morgan fingerprint density at radius 1 is 1.12 bits per heavy atom. The minimum Gasteiger partial charge on any atom is -0.343 e. The highest BCUT2D eigenvalue weighted by atomic mass is 16.2. The lowest BCUT2D eigenvalue weighted by atomic mass is 10.2. The van der Waals surface area contributed by atoms with Gasteiger partial charge >= 0.3 is 0 Å². The Bertz CT molecular complexity index is 695. The first-order valence-electron chi connectivity index (χ1n) is 9.12. The fourth-order valence-electron chi connectivity index (χ4n) is 2.69. The van der Waals surface area contributed by atoms with Crippen LogP contribution in [0.15, 0.2) is 36.8 Å². The maximum Gasteiger partial charge on any atom is 0.225 e. The van der Waals surface area contributed by atoms with Crippen molar-refractivity contribution in [2.45, 2.75) is 46.1 Å². The van der Waals surface area contributed by atoms with Crippen molar-refractivity contribution in [3.8, 4) is 0 Å². The number of aryl methyl sites for hydroxylation is 2. The molecule has 26 heavy (non-hydrogen) atoms. The molecule has 0 aromatic carbocycles. The molecule has 2 rings (SSSR count). The van der Waals surface area contributed by atoms with Crippen molar-refractivity contribution in [3.05, 3.63) is 42.4 Å². The number of amides is 2. The predicted molar refractivity (Wildman–Crippen MR) is 101 cm³/mol. The molecule has 7 nitrogen and oxygen atoms in total. The number of nitrogens with zero attached hydrogens (tertiary/aromatic N) is 4. The molecule has 1 N–H and O–H groups in total. The van der Waals surface area contributed by atoms with E-state index < -0.39 is 0 Å². The van der Waals surface area contributed by atoms with E-state index in [1.807, 2.05) is 32.2 Å². The number of aromatic nitrogens is 3. The van der Waals surface area contributed by atoms with Crippen LogP contribution in [-0.4, -0.2) is 44.6 Å². The molecule has 2 amide bonds. The van der Waals surface area contributed by atoms with Crippen LogP contribution < -0.4 is 5.32 Å². The molecule has 0 bridgehead atoms. The van der Waals surface area contributed by atoms with Crippen LogP contribution in [0.5, 0.6) is 0 Å². The number of hydrogen-bond donors (Lipinski definition) is 1. The van der Waals surface area contributed by atoms with Gasteiger partial charge in [-0.05, 0) is 44.4 Å². The molecule has 0 unspecified atom stereocenters. The average Bonchev–Trinajstić information content (AvgIpc) is 3.09. The molecule has 2 heterocycles. The summed E-state index contributed by atoms with van der Waals surface area (Å²) in [6.07, 6.45) is 7.51. The molecule has 0 saturated carbocycles. The lowest BCUT2D eigenvalue weighted by Gasteiger charge is -2.18. The smallest absolute Gasteiger partial charge is 0.225 e. The van der Waals surface area contributed by atoms with Gasteiger partial charge in [0.2, 0.25) is 11.8 Å². The summed E-state index contributed by atoms with van der Waals surface area (Å²) in [5.41, 5.74) is 1.19. The van der Waals surface area contributed by atoms with Crippen molar-refractivity contribution in [1.29, 1.82) is 0 Å². The van der Waals surface area contributed by atoms with Gasteiger partial charge in [-0.15, -0.1) is 0 Å². The predicted octanol–water partition coefficient (Wildman–Crippen LogP) is 2.50. The molecule has 7 heteroatoms. The van der Waals surface area contributed by atoms with E-state index in [1.54, 1.807) is 28.0 Å². The van der Waals surface area contributed by atoms with Crippen LogP contribution in [0.2, 0.25) is 0 Å². The second kappa shape index (κ2) is 10.3. The Morgan fingerprint density at radius 2 is 1.85 bits per heavy atom. The van der Waals surface area contributed by atoms with Gasteiger partial charge in [-0.1, -0.05) is 0 Å². The van der Waals surface area contributed by atoms with E-state index in [2.05, 4.69) is 15.4 Å². The lowest BCUT2D eigenvalue weighted by molar-refractivity contribution is -0.130. The molecular weight excluding hydrogens is 330 g/mol. The summed E-state index contributed by atoms with van der Waals surface area (Å²) in [6, 6.07) is 5.74. The highest BCUT2D eigenvalue weighted by Gasteiger charge is 2.11. The molecule has 0 aliphatic heterocycles. The van der Waals surface area contributed by atoms with E-state index in [4.69, 9.17) is 0 Å². The fraction of sp³-hybridized carbons (Fsp3) is 0.474. The van der Waals surface area contributed by atoms with E-state index in [0.29, 0.717) is 38.2 Å². The molecule has 2 aromatic heterocycles. The molecule has 0 atom stereocenters. The van der Waals surface area contributed by atoms with Crippen molar-refractivity contribution in [2.24, 2.45) is 0 Å². The van der Waals surface area contributed by atoms with E-state index in [9.17, 15) is 9.59 Å². The van der Waals surface area contributed by atoms with Gasteiger partial charge in [0, 0.05) is 57.1 Å². The van der Waals surface area contributed by atoms with Gasteiger partial charge in [-0.25, -0.2) is 0 Å². The van der Waals surface area contributed by atoms with Gasteiger partial charge in [0.1, 0.15) is 0 Å². The standard InChI is InChI=1S/C19H27N5O2/c1-3-23(4-2)19(26)7-5-6-18(25)21-17-11-15-24(22-17)14-10-16-8-12-20-13-9-16/h8-9,11-13,15H,3-7,10,14H2,1-2H3,(H,21,22,25). The zero-order valence-corrected chi connectivity index (χ0v) is 15.5. The lowest BCUT2D eigenvalue weighted by Crippen LogP contribution is -2.30. The maximum absolute atomic E-state index is 12.0. The Hall–Kier alpha value is -2.70. The third-order valence-electron chi connectivity index (χ3n) is 4.20. The molecule has 0 saturated heterocycles. The van der Waals surface area contributed by atoms with E-state index in [1.165, 1.54) is 5.56 Å². The van der Waals surface area contributed by atoms with Crippen LogP contribution in [0.3, 0.4) is 0 Å². The van der Waals surface area contributed by atoms with Gasteiger partial charge in [0.15, 0.2) is 5.82 Å². The summed E-state index contributed by atoms with van der Waals surface area (Å²) >= 11 is 0. The van der Waals surface area contributed by atoms with Crippen molar-refractivity contribution in [3.63, 3.8) is 0 Å². The molecule has 0 aliphatic carbocycles. The first-order valence-corrected chi connectivity index (χ1v) is 9.12. The SMILES string of the molecule is CCN(CC)C(=O)CCCC(=O)Nc1ccn(CCc2ccncc2)n1. The highest BCUT2D eigenvalue weighted by molar-refractivity contribution is 5.90. The number of carbonyl (C=O) groups is 2. The third-order valence-corrected chi connectivity index (χ3v) is 4.20. The van der Waals surface area contributed by atoms with Crippen molar-refractivity contribution in [2.75, 3.05) is 18.4 Å². The van der Waals surface area contributed by atoms with Gasteiger partial charge in [0.05, 0.1) is 0 Å². The van der Waals surface area contributed by atoms with Gasteiger partial charge in [0.25, 0.3) is 0 Å². The number of nitrogens with one attached hydrogen (secondary N) is 1. The number of carbonyl (C=O) groups excluding carboxylic acids is 2. The van der Waals surface area contributed by atoms with Crippen LogP contribution in [0.25, 0.3) is 0 Å². The highest BCUT2D eigenvalue weighted by Crippen LogP contribution is 2.07. The molecule has 0 aliphatic rings. The van der Waals surface area contributed by atoms with Gasteiger partial charge in [-0.2, -0.15) is 5.10 Å². The Balaban J connectivity index is 1.71. The zero-order chi connectivity index (χ0) is 18.8. The Morgan fingerprint density at radius 3 is 2.54 bits per heavy atom. The van der Waals surface area contributed by atoms with Crippen LogP contribution in [0.4, 0.5) is 5.82 Å². The third kappa shape index (κ3) is 6.31. The van der Waals surface area contributed by atoms with E-state index >= 15 is 0 Å². The topological polar surface area (TPSA) is 80.1 Å². The average molecular weight is 357 g/mol. The van der Waals surface area contributed by atoms with E-state index in [-0.39, 0.29) is 11.8 Å². The van der Waals surface area contributed by atoms with E-state index in [0.717, 1.165) is 13.0 Å². The van der Waals surface area contributed by atoms with Crippen LogP contribution >= 0.6 is 0 Å². The van der Waals surface area contributed by atoms with Crippen LogP contribution in [0, 0.1) is 0 Å². The molecule has 140 valence electrons. The first kappa shape index (κ1) is 19.6. The Kier molecular flexibility index (Phi) is 7.79. The van der Waals surface area contributed by atoms with Crippen LogP contribution in [-0.2, 0) is 22.6 Å². The van der Waals surface area contributed by atoms with Crippen molar-refractivity contribution in [1.82, 2.24) is 19.7 Å². The molecule has 0 spiro atoms. The number of hydrogen-bond acceptors (Lipinski definition) is 4. The monoisotopic (exact) mass is 357 g/mol. The maximum atomic E-state index is 12.0. The summed E-state index contributed by atoms with van der Waals surface area (Å²) in [6.45, 7) is 6.06. The van der Waals surface area contributed by atoms with Crippen molar-refractivity contribution >= 4 is 17.6 Å². The summed E-state index contributed by atoms with van der Waals surface area (Å²) < 4.78 is 1.81. The minimum absolute atomic E-state index is 0.100. The first-order chi connectivity index (χ1) is 12.6. The summed E-state index contributed by atoms with van der Waals surface area (Å²) in [7, 11) is 0. The van der Waals surface area contributed by atoms with Gasteiger partial charge < -0.3 is 10.2 Å². The van der Waals surface area contributed by atoms with Crippen LogP contribution in [0.1, 0.15) is 38.7 Å². The normalized spacial score (nSPS) is 10.5. The molecule has 0 fully saturated rings. The Labute approximate surface area is 154 Å². The number of anilines is 1. The largest absolute Gasteiger partial charge is 0.343 e. The van der Waals surface area contributed by atoms with Crippen molar-refractivity contribution < 1.29 is 9.59 Å². The fourth-order valence-corrected chi connectivity index (χ4v) is 2.69. The quantitative estimate of drug-likeness (QED) is 0.708. The number of pyridine rings is 1. The molecular formula is C19H27N5O2.